The van der Waals surface area contributed by atoms with Crippen LogP contribution in [0.2, 0.25) is 0 Å². The van der Waals surface area contributed by atoms with Crippen molar-refractivity contribution in [2.75, 3.05) is 0 Å². The Kier molecular flexibility index (Phi) is 4.66. The Hall–Kier alpha value is -2.89. The standard InChI is InChI=1S/C14H13N3O3/c18-13(15-9-11-5-2-1-3-6-11)14(19)17-16-10-12-7-4-8-20-12/h1-8,10H,9H2,(H,15,18)(H,17,19). The lowest BCUT2D eigenvalue weighted by Crippen LogP contribution is -2.37. The van der Waals surface area contributed by atoms with Gasteiger partial charge in [-0.15, -0.1) is 0 Å². The molecule has 0 bridgehead atoms. The number of carbonyl (C=O) groups is 2. The number of hydrogen-bond acceptors (Lipinski definition) is 4. The predicted octanol–water partition coefficient (Wildman–Crippen LogP) is 1.05. The molecular formula is C14H13N3O3. The van der Waals surface area contributed by atoms with Crippen molar-refractivity contribution in [1.29, 1.82) is 0 Å². The molecule has 2 amide bonds. The molecular weight excluding hydrogens is 258 g/mol. The smallest absolute Gasteiger partial charge is 0.329 e. The number of furan rings is 1. The molecule has 20 heavy (non-hydrogen) atoms. The van der Waals surface area contributed by atoms with E-state index < -0.39 is 11.8 Å². The first-order valence-electron chi connectivity index (χ1n) is 5.94. The molecule has 0 atom stereocenters. The Morgan fingerprint density at radius 2 is 1.90 bits per heavy atom. The highest BCUT2D eigenvalue weighted by Crippen LogP contribution is 1.97. The van der Waals surface area contributed by atoms with Gasteiger partial charge in [0.1, 0.15) is 5.76 Å². The second kappa shape index (κ2) is 6.89. The second-order valence-electron chi connectivity index (χ2n) is 3.88. The van der Waals surface area contributed by atoms with E-state index in [2.05, 4.69) is 15.8 Å². The average molecular weight is 271 g/mol. The lowest BCUT2D eigenvalue weighted by atomic mass is 10.2. The van der Waals surface area contributed by atoms with Gasteiger partial charge >= 0.3 is 11.8 Å². The quantitative estimate of drug-likeness (QED) is 0.495. The molecule has 6 heteroatoms. The maximum absolute atomic E-state index is 11.5. The third-order valence-corrected chi connectivity index (χ3v) is 2.40. The SMILES string of the molecule is O=C(NCc1ccccc1)C(=O)NN=Cc1ccco1. The highest BCUT2D eigenvalue weighted by molar-refractivity contribution is 6.35. The lowest BCUT2D eigenvalue weighted by Gasteiger charge is -2.03. The van der Waals surface area contributed by atoms with Crippen molar-refractivity contribution < 1.29 is 14.0 Å². The molecule has 6 nitrogen and oxygen atoms in total. The number of benzene rings is 1. The molecule has 0 aliphatic heterocycles. The van der Waals surface area contributed by atoms with Gasteiger partial charge in [-0.05, 0) is 17.7 Å². The molecule has 2 N–H and O–H groups in total. The summed E-state index contributed by atoms with van der Waals surface area (Å²) in [4.78, 5) is 22.9. The summed E-state index contributed by atoms with van der Waals surface area (Å²) in [5, 5.41) is 6.10. The van der Waals surface area contributed by atoms with Crippen LogP contribution in [-0.2, 0) is 16.1 Å². The van der Waals surface area contributed by atoms with E-state index in [9.17, 15) is 9.59 Å². The third kappa shape index (κ3) is 4.09. The summed E-state index contributed by atoms with van der Waals surface area (Å²) in [6, 6.07) is 12.7. The first-order chi connectivity index (χ1) is 9.75. The van der Waals surface area contributed by atoms with Gasteiger partial charge in [-0.1, -0.05) is 30.3 Å². The Bertz CT molecular complexity index is 591. The van der Waals surface area contributed by atoms with Crippen LogP contribution in [0.4, 0.5) is 0 Å². The van der Waals surface area contributed by atoms with Gasteiger partial charge in [0.2, 0.25) is 0 Å². The topological polar surface area (TPSA) is 83.7 Å². The van der Waals surface area contributed by atoms with Crippen LogP contribution in [0.3, 0.4) is 0 Å². The molecule has 1 aromatic carbocycles. The van der Waals surface area contributed by atoms with Gasteiger partial charge in [-0.3, -0.25) is 9.59 Å². The van der Waals surface area contributed by atoms with Crippen LogP contribution < -0.4 is 10.7 Å². The number of hydrazone groups is 1. The Morgan fingerprint density at radius 1 is 1.10 bits per heavy atom. The van der Waals surface area contributed by atoms with Crippen LogP contribution in [0.15, 0.2) is 58.2 Å². The molecule has 2 rings (SSSR count). The van der Waals surface area contributed by atoms with Crippen molar-refractivity contribution >= 4 is 18.0 Å². The van der Waals surface area contributed by atoms with Crippen molar-refractivity contribution in [3.8, 4) is 0 Å². The van der Waals surface area contributed by atoms with Gasteiger partial charge in [0.25, 0.3) is 0 Å². The predicted molar refractivity (Wildman–Crippen MR) is 72.7 cm³/mol. The molecule has 0 fully saturated rings. The minimum Gasteiger partial charge on any atom is -0.463 e. The molecule has 2 aromatic rings. The van der Waals surface area contributed by atoms with Crippen LogP contribution >= 0.6 is 0 Å². The molecule has 1 aromatic heterocycles. The first-order valence-corrected chi connectivity index (χ1v) is 5.94. The minimum atomic E-state index is -0.830. The maximum atomic E-state index is 11.5. The van der Waals surface area contributed by atoms with Crippen LogP contribution in [0.1, 0.15) is 11.3 Å². The summed E-state index contributed by atoms with van der Waals surface area (Å²) in [6.45, 7) is 0.287. The van der Waals surface area contributed by atoms with Crippen LogP contribution in [0, 0.1) is 0 Å². The Labute approximate surface area is 115 Å². The van der Waals surface area contributed by atoms with Crippen molar-refractivity contribution in [2.45, 2.75) is 6.54 Å². The van der Waals surface area contributed by atoms with E-state index >= 15 is 0 Å². The molecule has 0 aliphatic rings. The molecule has 0 saturated carbocycles. The molecule has 0 aliphatic carbocycles. The zero-order valence-corrected chi connectivity index (χ0v) is 10.6. The monoisotopic (exact) mass is 271 g/mol. The zero-order chi connectivity index (χ0) is 14.2. The normalized spacial score (nSPS) is 10.4. The third-order valence-electron chi connectivity index (χ3n) is 2.40. The Morgan fingerprint density at radius 3 is 2.60 bits per heavy atom. The molecule has 0 unspecified atom stereocenters. The van der Waals surface area contributed by atoms with E-state index in [4.69, 9.17) is 4.42 Å². The van der Waals surface area contributed by atoms with Gasteiger partial charge in [-0.25, -0.2) is 5.43 Å². The van der Waals surface area contributed by atoms with Gasteiger partial charge in [0, 0.05) is 6.54 Å². The van der Waals surface area contributed by atoms with E-state index in [1.165, 1.54) is 12.5 Å². The highest BCUT2D eigenvalue weighted by Gasteiger charge is 2.11. The van der Waals surface area contributed by atoms with Crippen molar-refractivity contribution in [1.82, 2.24) is 10.7 Å². The molecule has 0 spiro atoms. The van der Waals surface area contributed by atoms with Gasteiger partial charge < -0.3 is 9.73 Å². The summed E-state index contributed by atoms with van der Waals surface area (Å²) in [5.74, 6) is -1.09. The van der Waals surface area contributed by atoms with E-state index in [0.29, 0.717) is 5.76 Å². The zero-order valence-electron chi connectivity index (χ0n) is 10.6. The second-order valence-corrected chi connectivity index (χ2v) is 3.88. The number of nitrogens with one attached hydrogen (secondary N) is 2. The first kappa shape index (κ1) is 13.5. The lowest BCUT2D eigenvalue weighted by molar-refractivity contribution is -0.139. The number of nitrogens with zero attached hydrogens (tertiary/aromatic N) is 1. The highest BCUT2D eigenvalue weighted by atomic mass is 16.3. The van der Waals surface area contributed by atoms with E-state index in [-0.39, 0.29) is 6.54 Å². The van der Waals surface area contributed by atoms with Crippen molar-refractivity contribution in [2.24, 2.45) is 5.10 Å². The molecule has 0 saturated heterocycles. The van der Waals surface area contributed by atoms with E-state index in [0.717, 1.165) is 5.56 Å². The minimum absolute atomic E-state index is 0.287. The number of carbonyl (C=O) groups excluding carboxylic acids is 2. The molecule has 1 heterocycles. The summed E-state index contributed by atoms with van der Waals surface area (Å²) < 4.78 is 4.98. The molecule has 102 valence electrons. The number of amides is 2. The van der Waals surface area contributed by atoms with Gasteiger partial charge in [0.15, 0.2) is 0 Å². The van der Waals surface area contributed by atoms with Crippen molar-refractivity contribution in [3.63, 3.8) is 0 Å². The van der Waals surface area contributed by atoms with Crippen molar-refractivity contribution in [3.05, 3.63) is 60.1 Å². The van der Waals surface area contributed by atoms with Gasteiger partial charge in [0.05, 0.1) is 12.5 Å². The fourth-order valence-corrected chi connectivity index (χ4v) is 1.43. The van der Waals surface area contributed by atoms with Crippen LogP contribution in [-0.4, -0.2) is 18.0 Å². The summed E-state index contributed by atoms with van der Waals surface area (Å²) in [6.07, 6.45) is 2.79. The van der Waals surface area contributed by atoms with E-state index in [1.54, 1.807) is 12.1 Å². The van der Waals surface area contributed by atoms with Gasteiger partial charge in [-0.2, -0.15) is 5.10 Å². The molecule has 0 radical (unpaired) electrons. The maximum Gasteiger partial charge on any atom is 0.329 e. The summed E-state index contributed by atoms with van der Waals surface area (Å²) in [7, 11) is 0. The van der Waals surface area contributed by atoms with Crippen LogP contribution in [0.25, 0.3) is 0 Å². The van der Waals surface area contributed by atoms with Crippen LogP contribution in [0.5, 0.6) is 0 Å². The summed E-state index contributed by atoms with van der Waals surface area (Å²) >= 11 is 0. The largest absolute Gasteiger partial charge is 0.463 e. The number of rotatable bonds is 4. The fraction of sp³-hybridized carbons (Fsp3) is 0.0714. The number of hydrogen-bond donors (Lipinski definition) is 2. The average Bonchev–Trinajstić information content (AvgIpc) is 2.99. The summed E-state index contributed by atoms with van der Waals surface area (Å²) in [5.41, 5.74) is 3.03. The van der Waals surface area contributed by atoms with E-state index in [1.807, 2.05) is 30.3 Å². The fourth-order valence-electron chi connectivity index (χ4n) is 1.43. The Balaban J connectivity index is 1.76.